The number of nitrogens with one attached hydrogen (secondary N) is 1. The second-order valence-corrected chi connectivity index (χ2v) is 9.81. The zero-order valence-corrected chi connectivity index (χ0v) is 19.2. The summed E-state index contributed by atoms with van der Waals surface area (Å²) < 4.78 is 0.0571. The highest BCUT2D eigenvalue weighted by Crippen LogP contribution is 2.41. The molecular weight excluding hydrogens is 492 g/mol. The molecule has 2 amide bonds. The number of thiazole rings is 1. The molecule has 1 unspecified atom stereocenters. The van der Waals surface area contributed by atoms with E-state index in [9.17, 15) is 24.7 Å². The van der Waals surface area contributed by atoms with Gasteiger partial charge in [0.25, 0.3) is 11.8 Å². The summed E-state index contributed by atoms with van der Waals surface area (Å²) in [5, 5.41) is 24.6. The Morgan fingerprint density at radius 3 is 2.73 bits per heavy atom. The maximum Gasteiger partial charge on any atom is 0.353 e. The number of hydrogen-bond acceptors (Lipinski definition) is 10. The quantitative estimate of drug-likeness (QED) is 0.188. The van der Waals surface area contributed by atoms with Gasteiger partial charge in [-0.3, -0.25) is 19.5 Å². The average Bonchev–Trinajstić information content (AvgIpc) is 3.13. The van der Waals surface area contributed by atoms with Crippen LogP contribution >= 0.6 is 34.7 Å². The Labute approximate surface area is 200 Å². The highest BCUT2D eigenvalue weighted by molar-refractivity contribution is 8.02. The Balaban J connectivity index is 1.49. The molecule has 1 fully saturated rings. The van der Waals surface area contributed by atoms with E-state index in [1.165, 1.54) is 16.7 Å². The van der Waals surface area contributed by atoms with Crippen molar-refractivity contribution in [2.24, 2.45) is 5.16 Å². The maximum absolute atomic E-state index is 12.8. The molecule has 4 rings (SSSR count). The number of nitrogen functional groups attached to an aromatic ring is 1. The molecule has 2 aliphatic rings. The van der Waals surface area contributed by atoms with Crippen LogP contribution in [0.5, 0.6) is 0 Å². The molecule has 0 saturated carbocycles. The maximum atomic E-state index is 12.8. The molecule has 2 atom stereocenters. The van der Waals surface area contributed by atoms with Gasteiger partial charge in [-0.2, -0.15) is 0 Å². The van der Waals surface area contributed by atoms with Gasteiger partial charge in [-0.25, -0.2) is 9.78 Å². The van der Waals surface area contributed by atoms with E-state index < -0.39 is 35.6 Å². The van der Waals surface area contributed by atoms with Gasteiger partial charge in [0.1, 0.15) is 21.8 Å². The van der Waals surface area contributed by atoms with Crippen molar-refractivity contribution in [2.75, 3.05) is 5.73 Å². The number of carboxylic acids is 1. The second-order valence-electron chi connectivity index (χ2n) is 7.11. The molecular formula is C19H17ClN6O5S2. The van der Waals surface area contributed by atoms with Gasteiger partial charge in [-0.05, 0) is 30.5 Å². The topological polar surface area (TPSA) is 171 Å². The molecule has 14 heteroatoms. The van der Waals surface area contributed by atoms with Crippen LogP contribution in [-0.2, 0) is 20.1 Å². The Kier molecular flexibility index (Phi) is 6.54. The number of fused-ring (bicyclic) bond motifs is 1. The van der Waals surface area contributed by atoms with Crippen molar-refractivity contribution >= 4 is 63.3 Å². The number of aromatic nitrogens is 2. The van der Waals surface area contributed by atoms with Crippen LogP contribution in [0.3, 0.4) is 0 Å². The average molecular weight is 509 g/mol. The Hall–Kier alpha value is -3.16. The molecule has 0 spiro atoms. The third-order valence-electron chi connectivity index (χ3n) is 5.19. The molecule has 2 aromatic rings. The predicted octanol–water partition coefficient (Wildman–Crippen LogP) is 1.67. The van der Waals surface area contributed by atoms with E-state index in [4.69, 9.17) is 17.3 Å². The van der Waals surface area contributed by atoms with Crippen molar-refractivity contribution in [2.45, 2.75) is 30.7 Å². The van der Waals surface area contributed by atoms with Crippen LogP contribution in [0.2, 0.25) is 4.34 Å². The minimum atomic E-state index is -1.21. The summed E-state index contributed by atoms with van der Waals surface area (Å²) in [5.41, 5.74) is 5.88. The third-order valence-corrected chi connectivity index (χ3v) is 7.49. The van der Waals surface area contributed by atoms with E-state index in [0.29, 0.717) is 23.5 Å². The van der Waals surface area contributed by atoms with Gasteiger partial charge in [0, 0.05) is 23.1 Å². The van der Waals surface area contributed by atoms with E-state index in [1.54, 1.807) is 12.4 Å². The molecule has 11 nitrogen and oxygen atoms in total. The van der Waals surface area contributed by atoms with Crippen molar-refractivity contribution in [1.82, 2.24) is 20.2 Å². The number of carbonyl (C=O) groups excluding carboxylic acids is 2. The Bertz CT molecular complexity index is 1180. The molecule has 1 saturated heterocycles. The largest absolute Gasteiger partial charge is 0.477 e. The second kappa shape index (κ2) is 9.37. The zero-order chi connectivity index (χ0) is 23.7. The number of allylic oxidation sites excluding steroid dienone is 1. The molecule has 0 bridgehead atoms. The number of oxime groups is 1. The summed E-state index contributed by atoms with van der Waals surface area (Å²) in [7, 11) is 0. The van der Waals surface area contributed by atoms with Gasteiger partial charge >= 0.3 is 5.97 Å². The fourth-order valence-electron chi connectivity index (χ4n) is 3.69. The molecule has 2 aliphatic heterocycles. The third kappa shape index (κ3) is 4.38. The number of rotatable bonds is 7. The molecule has 2 aromatic heterocycles. The van der Waals surface area contributed by atoms with E-state index in [1.807, 2.05) is 12.1 Å². The molecule has 33 heavy (non-hydrogen) atoms. The lowest BCUT2D eigenvalue weighted by Gasteiger charge is -2.50. The number of pyridine rings is 1. The van der Waals surface area contributed by atoms with Crippen LogP contribution in [0, 0.1) is 0 Å². The lowest BCUT2D eigenvalue weighted by Crippen LogP contribution is -2.72. The summed E-state index contributed by atoms with van der Waals surface area (Å²) in [4.78, 5) is 47.1. The van der Waals surface area contributed by atoms with Gasteiger partial charge in [0.05, 0.1) is 6.04 Å². The molecule has 0 aromatic carbocycles. The van der Waals surface area contributed by atoms with Gasteiger partial charge in [-0.15, -0.1) is 11.8 Å². The van der Waals surface area contributed by atoms with E-state index in [0.717, 1.165) is 16.9 Å². The van der Waals surface area contributed by atoms with Crippen LogP contribution in [0.15, 0.2) is 40.3 Å². The Morgan fingerprint density at radius 2 is 2.12 bits per heavy atom. The number of carboxylic acid groups (broad SMARTS) is 1. The summed E-state index contributed by atoms with van der Waals surface area (Å²) >= 11 is 8.24. The van der Waals surface area contributed by atoms with Gasteiger partial charge in [0.15, 0.2) is 10.8 Å². The van der Waals surface area contributed by atoms with Crippen molar-refractivity contribution < 1.29 is 24.7 Å². The van der Waals surface area contributed by atoms with E-state index in [2.05, 4.69) is 20.4 Å². The lowest BCUT2D eigenvalue weighted by molar-refractivity contribution is -0.155. The molecule has 5 N–H and O–H groups in total. The standard InChI is InChI=1S/C19H17ClN6O5S2/c20-15-12(24-19(21)33-15)13(25-31)16(27)23-11-9-1-2-10(14(18(29)30)26(9)17(11)28)32-7-8-3-5-22-6-4-8/h3-6,9,11,31H,1-2,7H2,(H2,21,24)(H,23,27)(H,29,30)/b25-13-/t9-,11?/m1/s1. The number of halogens is 1. The number of aliphatic carboxylic acids is 1. The first kappa shape index (κ1) is 23.0. The summed E-state index contributed by atoms with van der Waals surface area (Å²) in [6, 6.07) is 2.17. The highest BCUT2D eigenvalue weighted by atomic mass is 35.5. The SMILES string of the molecule is Nc1nc(/C(=N/O)C(=O)NC2C(=O)N3C(C(=O)O)=C(SCc4ccncc4)CC[C@H]23)c(Cl)s1. The van der Waals surface area contributed by atoms with Crippen molar-refractivity contribution in [3.8, 4) is 0 Å². The zero-order valence-electron chi connectivity index (χ0n) is 16.8. The fraction of sp³-hybridized carbons (Fsp3) is 0.263. The van der Waals surface area contributed by atoms with Gasteiger partial charge < -0.3 is 21.4 Å². The number of nitrogens with two attached hydrogens (primary N) is 1. The fourth-order valence-corrected chi connectivity index (χ4v) is 5.74. The van der Waals surface area contributed by atoms with Crippen LogP contribution in [0.1, 0.15) is 24.1 Å². The van der Waals surface area contributed by atoms with E-state index in [-0.39, 0.29) is 20.9 Å². The molecule has 0 radical (unpaired) electrons. The van der Waals surface area contributed by atoms with Crippen LogP contribution in [0.25, 0.3) is 0 Å². The van der Waals surface area contributed by atoms with Gasteiger partial charge in [0.2, 0.25) is 0 Å². The number of anilines is 1. The van der Waals surface area contributed by atoms with Crippen molar-refractivity contribution in [1.29, 1.82) is 0 Å². The number of carbonyl (C=O) groups is 3. The predicted molar refractivity (Wildman–Crippen MR) is 122 cm³/mol. The van der Waals surface area contributed by atoms with Crippen LogP contribution in [0.4, 0.5) is 5.13 Å². The first-order valence-corrected chi connectivity index (χ1v) is 11.8. The monoisotopic (exact) mass is 508 g/mol. The normalized spacial score (nSPS) is 20.3. The lowest BCUT2D eigenvalue weighted by atomic mass is 9.86. The highest BCUT2D eigenvalue weighted by Gasteiger charge is 2.53. The first-order valence-electron chi connectivity index (χ1n) is 9.58. The number of nitrogens with zero attached hydrogens (tertiary/aromatic N) is 4. The van der Waals surface area contributed by atoms with Crippen LogP contribution < -0.4 is 11.1 Å². The summed E-state index contributed by atoms with van der Waals surface area (Å²) in [6.45, 7) is 0. The minimum Gasteiger partial charge on any atom is -0.477 e. The minimum absolute atomic E-state index is 0.0571. The van der Waals surface area contributed by atoms with Crippen molar-refractivity contribution in [3.05, 3.63) is 50.7 Å². The number of hydrogen-bond donors (Lipinski definition) is 4. The molecule has 4 heterocycles. The van der Waals surface area contributed by atoms with Crippen LogP contribution in [-0.4, -0.2) is 60.8 Å². The van der Waals surface area contributed by atoms with Gasteiger partial charge in [-0.1, -0.05) is 28.1 Å². The molecule has 0 aliphatic carbocycles. The summed E-state index contributed by atoms with van der Waals surface area (Å²) in [5.74, 6) is -2.11. The number of amides is 2. The van der Waals surface area contributed by atoms with Crippen molar-refractivity contribution in [3.63, 3.8) is 0 Å². The molecule has 172 valence electrons. The van der Waals surface area contributed by atoms with E-state index >= 15 is 0 Å². The first-order chi connectivity index (χ1) is 15.8. The number of thioether (sulfide) groups is 1. The summed E-state index contributed by atoms with van der Waals surface area (Å²) in [6.07, 6.45) is 4.21. The Morgan fingerprint density at radius 1 is 1.39 bits per heavy atom. The smallest absolute Gasteiger partial charge is 0.353 e. The number of β-lactam (4-membered cyclic amide) rings is 1.